The molecule has 3 heterocycles. The van der Waals surface area contributed by atoms with Crippen LogP contribution in [0.5, 0.6) is 5.75 Å². The number of aromatic nitrogens is 1. The second-order valence-electron chi connectivity index (χ2n) is 8.11. The summed E-state index contributed by atoms with van der Waals surface area (Å²) in [6.45, 7) is 2.20. The van der Waals surface area contributed by atoms with Gasteiger partial charge in [-0.2, -0.15) is 0 Å². The number of amides is 1. The summed E-state index contributed by atoms with van der Waals surface area (Å²) < 4.78 is 11.7. The Morgan fingerprint density at radius 2 is 1.77 bits per heavy atom. The molecular formula is C25H26N2O3. The number of nitrogens with zero attached hydrogens (tertiary/aromatic N) is 2. The molecule has 5 nitrogen and oxygen atoms in total. The highest BCUT2D eigenvalue weighted by Gasteiger charge is 2.31. The molecule has 1 atom stereocenters. The van der Waals surface area contributed by atoms with Gasteiger partial charge in [-0.05, 0) is 53.6 Å². The molecular weight excluding hydrogens is 376 g/mol. The van der Waals surface area contributed by atoms with Crippen LogP contribution in [0, 0.1) is 0 Å². The van der Waals surface area contributed by atoms with Crippen LogP contribution < -0.4 is 4.74 Å². The molecule has 5 rings (SSSR count). The van der Waals surface area contributed by atoms with Gasteiger partial charge in [0.05, 0.1) is 0 Å². The quantitative estimate of drug-likeness (QED) is 0.647. The Morgan fingerprint density at radius 3 is 2.53 bits per heavy atom. The summed E-state index contributed by atoms with van der Waals surface area (Å²) >= 11 is 0. The number of piperidine rings is 1. The number of fused-ring (bicyclic) bond motifs is 1. The SMILES string of the molecule is O=C([C@H]1CCCO1)N1CCC(Oc2ccc(-c3ccc4cnccc4c3)cc2)CC1. The third-order valence-electron chi connectivity index (χ3n) is 6.09. The Balaban J connectivity index is 1.19. The van der Waals surface area contributed by atoms with Crippen LogP contribution in [0.25, 0.3) is 21.9 Å². The van der Waals surface area contributed by atoms with Crippen molar-refractivity contribution < 1.29 is 14.3 Å². The summed E-state index contributed by atoms with van der Waals surface area (Å²) in [5.74, 6) is 1.04. The van der Waals surface area contributed by atoms with Gasteiger partial charge in [-0.3, -0.25) is 9.78 Å². The molecule has 1 amide bonds. The van der Waals surface area contributed by atoms with Gasteiger partial charge in [-0.1, -0.05) is 24.3 Å². The number of carbonyl (C=O) groups is 1. The summed E-state index contributed by atoms with van der Waals surface area (Å²) in [5, 5.41) is 2.33. The third kappa shape index (κ3) is 4.03. The van der Waals surface area contributed by atoms with Crippen molar-refractivity contribution in [2.45, 2.75) is 37.9 Å². The maximum atomic E-state index is 12.5. The highest BCUT2D eigenvalue weighted by atomic mass is 16.5. The zero-order valence-corrected chi connectivity index (χ0v) is 17.0. The standard InChI is InChI=1S/C25H26N2O3/c28-25(24-2-1-15-29-24)27-13-10-23(11-14-27)30-22-7-5-18(6-8-22)19-3-4-21-17-26-12-9-20(21)16-19/h3-9,12,16-17,23-24H,1-2,10-11,13-15H2/t24-/m1/s1. The van der Waals surface area contributed by atoms with E-state index in [0.717, 1.165) is 55.5 Å². The Labute approximate surface area is 176 Å². The first-order chi connectivity index (χ1) is 14.8. The van der Waals surface area contributed by atoms with Gasteiger partial charge < -0.3 is 14.4 Å². The highest BCUT2D eigenvalue weighted by Crippen LogP contribution is 2.27. The van der Waals surface area contributed by atoms with Crippen LogP contribution in [0.15, 0.2) is 60.9 Å². The molecule has 0 spiro atoms. The molecule has 30 heavy (non-hydrogen) atoms. The van der Waals surface area contributed by atoms with Crippen molar-refractivity contribution in [3.63, 3.8) is 0 Å². The van der Waals surface area contributed by atoms with Crippen LogP contribution in [-0.4, -0.2) is 47.7 Å². The minimum absolute atomic E-state index is 0.151. The van der Waals surface area contributed by atoms with Crippen LogP contribution in [0.3, 0.4) is 0 Å². The van der Waals surface area contributed by atoms with E-state index in [4.69, 9.17) is 9.47 Å². The maximum absolute atomic E-state index is 12.5. The topological polar surface area (TPSA) is 51.7 Å². The predicted octanol–water partition coefficient (Wildman–Crippen LogP) is 4.45. The molecule has 154 valence electrons. The smallest absolute Gasteiger partial charge is 0.251 e. The number of rotatable bonds is 4. The molecule has 5 heteroatoms. The zero-order valence-electron chi connectivity index (χ0n) is 17.0. The zero-order chi connectivity index (χ0) is 20.3. The number of likely N-dealkylation sites (tertiary alicyclic amines) is 1. The molecule has 2 aliphatic heterocycles. The maximum Gasteiger partial charge on any atom is 0.251 e. The second kappa shape index (κ2) is 8.44. The van der Waals surface area contributed by atoms with Crippen LogP contribution in [-0.2, 0) is 9.53 Å². The molecule has 1 aromatic heterocycles. The lowest BCUT2D eigenvalue weighted by Crippen LogP contribution is -2.45. The van der Waals surface area contributed by atoms with E-state index in [1.54, 1.807) is 0 Å². The summed E-state index contributed by atoms with van der Waals surface area (Å²) in [7, 11) is 0. The average molecular weight is 402 g/mol. The van der Waals surface area contributed by atoms with Gasteiger partial charge in [0.25, 0.3) is 5.91 Å². The van der Waals surface area contributed by atoms with Gasteiger partial charge in [0.1, 0.15) is 18.0 Å². The molecule has 3 aromatic rings. The molecule has 0 N–H and O–H groups in total. The van der Waals surface area contributed by atoms with Gasteiger partial charge in [0.15, 0.2) is 0 Å². The van der Waals surface area contributed by atoms with Crippen LogP contribution >= 0.6 is 0 Å². The Hall–Kier alpha value is -2.92. The van der Waals surface area contributed by atoms with Gasteiger partial charge in [0.2, 0.25) is 0 Å². The number of carbonyl (C=O) groups excluding carboxylic acids is 1. The highest BCUT2D eigenvalue weighted by molar-refractivity contribution is 5.86. The van der Waals surface area contributed by atoms with Crippen LogP contribution in [0.2, 0.25) is 0 Å². The normalized spacial score (nSPS) is 19.9. The molecule has 0 radical (unpaired) electrons. The first-order valence-electron chi connectivity index (χ1n) is 10.8. The first-order valence-corrected chi connectivity index (χ1v) is 10.8. The largest absolute Gasteiger partial charge is 0.490 e. The van der Waals surface area contributed by atoms with E-state index in [0.29, 0.717) is 6.61 Å². The molecule has 0 bridgehead atoms. The van der Waals surface area contributed by atoms with Crippen molar-refractivity contribution in [1.82, 2.24) is 9.88 Å². The summed E-state index contributed by atoms with van der Waals surface area (Å²) in [6, 6.07) is 16.7. The minimum atomic E-state index is -0.221. The van der Waals surface area contributed by atoms with E-state index in [9.17, 15) is 4.79 Å². The lowest BCUT2D eigenvalue weighted by molar-refractivity contribution is -0.142. The monoisotopic (exact) mass is 402 g/mol. The number of hydrogen-bond donors (Lipinski definition) is 0. The molecule has 2 fully saturated rings. The fourth-order valence-corrected chi connectivity index (χ4v) is 4.35. The third-order valence-corrected chi connectivity index (χ3v) is 6.09. The van der Waals surface area contributed by atoms with Gasteiger partial charge >= 0.3 is 0 Å². The van der Waals surface area contributed by atoms with E-state index in [2.05, 4.69) is 35.3 Å². The van der Waals surface area contributed by atoms with Crippen molar-refractivity contribution in [2.24, 2.45) is 0 Å². The lowest BCUT2D eigenvalue weighted by Gasteiger charge is -2.33. The lowest BCUT2D eigenvalue weighted by atomic mass is 10.0. The molecule has 0 unspecified atom stereocenters. The van der Waals surface area contributed by atoms with Crippen molar-refractivity contribution in [3.05, 3.63) is 60.9 Å². The van der Waals surface area contributed by atoms with Gasteiger partial charge in [-0.25, -0.2) is 0 Å². The van der Waals surface area contributed by atoms with Crippen molar-refractivity contribution in [3.8, 4) is 16.9 Å². The molecule has 2 aromatic carbocycles. The van der Waals surface area contributed by atoms with Crippen molar-refractivity contribution in [1.29, 1.82) is 0 Å². The average Bonchev–Trinajstić information content (AvgIpc) is 3.34. The first kappa shape index (κ1) is 19.1. The molecule has 2 saturated heterocycles. The van der Waals surface area contributed by atoms with E-state index in [1.165, 1.54) is 10.9 Å². The predicted molar refractivity (Wildman–Crippen MR) is 116 cm³/mol. The number of pyridine rings is 1. The summed E-state index contributed by atoms with van der Waals surface area (Å²) in [5.41, 5.74) is 2.35. The van der Waals surface area contributed by atoms with Crippen LogP contribution in [0.4, 0.5) is 0 Å². The number of hydrogen-bond acceptors (Lipinski definition) is 4. The minimum Gasteiger partial charge on any atom is -0.490 e. The van der Waals surface area contributed by atoms with Gasteiger partial charge in [-0.15, -0.1) is 0 Å². The van der Waals surface area contributed by atoms with Gasteiger partial charge in [0, 0.05) is 50.3 Å². The molecule has 0 aliphatic carbocycles. The fourth-order valence-electron chi connectivity index (χ4n) is 4.35. The van der Waals surface area contributed by atoms with E-state index >= 15 is 0 Å². The van der Waals surface area contributed by atoms with E-state index in [1.807, 2.05) is 35.5 Å². The second-order valence-corrected chi connectivity index (χ2v) is 8.11. The Bertz CT molecular complexity index is 1020. The van der Waals surface area contributed by atoms with Crippen LogP contribution in [0.1, 0.15) is 25.7 Å². The van der Waals surface area contributed by atoms with Crippen molar-refractivity contribution >= 4 is 16.7 Å². The van der Waals surface area contributed by atoms with Crippen molar-refractivity contribution in [2.75, 3.05) is 19.7 Å². The number of benzene rings is 2. The summed E-state index contributed by atoms with van der Waals surface area (Å²) in [4.78, 5) is 18.6. The summed E-state index contributed by atoms with van der Waals surface area (Å²) in [6.07, 6.45) is 7.20. The fraction of sp³-hybridized carbons (Fsp3) is 0.360. The Morgan fingerprint density at radius 1 is 0.967 bits per heavy atom. The molecule has 0 saturated carbocycles. The molecule has 2 aliphatic rings. The van der Waals surface area contributed by atoms with E-state index < -0.39 is 0 Å². The van der Waals surface area contributed by atoms with E-state index in [-0.39, 0.29) is 18.1 Å². The number of ether oxygens (including phenoxy) is 2. The Kier molecular flexibility index (Phi) is 5.37.